The van der Waals surface area contributed by atoms with Gasteiger partial charge in [0.05, 0.1) is 17.3 Å². The molecule has 1 heterocycles. The minimum absolute atomic E-state index is 0.197. The fourth-order valence-electron chi connectivity index (χ4n) is 1.63. The number of pyridine rings is 1. The number of hydrogen-bond donors (Lipinski definition) is 1. The molecule has 0 saturated heterocycles. The average molecular weight is 288 g/mol. The summed E-state index contributed by atoms with van der Waals surface area (Å²) >= 11 is 11.9. The van der Waals surface area contributed by atoms with Gasteiger partial charge in [-0.2, -0.15) is 0 Å². The van der Waals surface area contributed by atoms with E-state index in [9.17, 15) is 4.79 Å². The molecule has 1 N–H and O–H groups in total. The lowest BCUT2D eigenvalue weighted by Crippen LogP contribution is -2.26. The van der Waals surface area contributed by atoms with E-state index in [2.05, 4.69) is 10.3 Å². The molecular formula is C12H15Cl2N3O. The van der Waals surface area contributed by atoms with Crippen LogP contribution in [0.1, 0.15) is 13.3 Å². The van der Waals surface area contributed by atoms with Crippen molar-refractivity contribution in [2.45, 2.75) is 17.7 Å². The molecule has 4 nitrogen and oxygen atoms in total. The van der Waals surface area contributed by atoms with Gasteiger partial charge in [0.15, 0.2) is 0 Å². The monoisotopic (exact) mass is 287 g/mol. The molecule has 18 heavy (non-hydrogen) atoms. The fraction of sp³-hybridized carbons (Fsp3) is 0.500. The first-order valence-corrected chi connectivity index (χ1v) is 6.34. The van der Waals surface area contributed by atoms with Crippen LogP contribution in [0.2, 0.25) is 0 Å². The zero-order valence-electron chi connectivity index (χ0n) is 10.5. The van der Waals surface area contributed by atoms with E-state index < -0.39 is 9.75 Å². The Morgan fingerprint density at radius 2 is 2.06 bits per heavy atom. The van der Waals surface area contributed by atoms with Crippen LogP contribution in [0.5, 0.6) is 0 Å². The Morgan fingerprint density at radius 1 is 1.44 bits per heavy atom. The predicted octanol–water partition coefficient (Wildman–Crippen LogP) is 2.67. The van der Waals surface area contributed by atoms with Gasteiger partial charge in [0, 0.05) is 14.1 Å². The van der Waals surface area contributed by atoms with Gasteiger partial charge in [-0.25, -0.2) is 4.98 Å². The van der Waals surface area contributed by atoms with E-state index in [4.69, 9.17) is 23.2 Å². The van der Waals surface area contributed by atoms with Gasteiger partial charge in [-0.3, -0.25) is 4.79 Å². The summed E-state index contributed by atoms with van der Waals surface area (Å²) in [5.74, 6) is 0.306. The maximum Gasteiger partial charge on any atom is 0.234 e. The summed E-state index contributed by atoms with van der Waals surface area (Å²) < 4.78 is -0.958. The SMILES string of the molecule is CN(C)c1ccc(NC(=O)[C@]2(C)CC2(Cl)Cl)nc1. The molecule has 0 spiro atoms. The third-order valence-corrected chi connectivity index (χ3v) is 4.37. The molecule has 0 radical (unpaired) electrons. The molecule has 1 amide bonds. The number of nitrogens with zero attached hydrogens (tertiary/aromatic N) is 2. The molecule has 1 aliphatic carbocycles. The van der Waals surface area contributed by atoms with Crippen molar-refractivity contribution in [1.82, 2.24) is 4.98 Å². The molecule has 1 aromatic heterocycles. The number of amides is 1. The Labute approximate surface area is 116 Å². The summed E-state index contributed by atoms with van der Waals surface area (Å²) in [6.45, 7) is 1.75. The number of carbonyl (C=O) groups excluding carboxylic acids is 1. The molecule has 0 unspecified atom stereocenters. The number of carbonyl (C=O) groups is 1. The van der Waals surface area contributed by atoms with Crippen molar-refractivity contribution in [1.29, 1.82) is 0 Å². The maximum atomic E-state index is 12.0. The van der Waals surface area contributed by atoms with Gasteiger partial charge in [-0.15, -0.1) is 23.2 Å². The second-order valence-electron chi connectivity index (χ2n) is 4.96. The molecule has 1 saturated carbocycles. The third kappa shape index (κ3) is 2.27. The van der Waals surface area contributed by atoms with Crippen LogP contribution < -0.4 is 10.2 Å². The first-order valence-electron chi connectivity index (χ1n) is 5.59. The van der Waals surface area contributed by atoms with Crippen LogP contribution >= 0.6 is 23.2 Å². The minimum atomic E-state index is -0.958. The Kier molecular flexibility index (Phi) is 3.19. The van der Waals surface area contributed by atoms with Crippen LogP contribution in [0, 0.1) is 5.41 Å². The number of anilines is 2. The Balaban J connectivity index is 2.05. The molecule has 6 heteroatoms. The van der Waals surface area contributed by atoms with Gasteiger partial charge < -0.3 is 10.2 Å². The number of rotatable bonds is 3. The van der Waals surface area contributed by atoms with Crippen LogP contribution in [0.15, 0.2) is 18.3 Å². The van der Waals surface area contributed by atoms with Crippen LogP contribution in [0.25, 0.3) is 0 Å². The zero-order chi connectivity index (χ0) is 13.6. The Hall–Kier alpha value is -1.00. The summed E-state index contributed by atoms with van der Waals surface area (Å²) in [6, 6.07) is 3.63. The third-order valence-electron chi connectivity index (χ3n) is 3.26. The number of halogens is 2. The molecule has 1 aliphatic rings. The van der Waals surface area contributed by atoms with Crippen molar-refractivity contribution in [2.24, 2.45) is 5.41 Å². The first kappa shape index (κ1) is 13.4. The minimum Gasteiger partial charge on any atom is -0.376 e. The average Bonchev–Trinajstić information content (AvgIpc) is 2.80. The van der Waals surface area contributed by atoms with Crippen molar-refractivity contribution >= 4 is 40.6 Å². The number of alkyl halides is 2. The highest BCUT2D eigenvalue weighted by Gasteiger charge is 2.67. The quantitative estimate of drug-likeness (QED) is 0.870. The van der Waals surface area contributed by atoms with Crippen molar-refractivity contribution in [3.8, 4) is 0 Å². The molecule has 0 aliphatic heterocycles. The molecule has 0 aromatic carbocycles. The van der Waals surface area contributed by atoms with Gasteiger partial charge in [-0.1, -0.05) is 0 Å². The van der Waals surface area contributed by atoms with Gasteiger partial charge >= 0.3 is 0 Å². The van der Waals surface area contributed by atoms with E-state index in [1.807, 2.05) is 25.1 Å². The van der Waals surface area contributed by atoms with Gasteiger partial charge in [0.2, 0.25) is 5.91 Å². The van der Waals surface area contributed by atoms with Crippen molar-refractivity contribution in [2.75, 3.05) is 24.3 Å². The van der Waals surface area contributed by atoms with Gasteiger partial charge in [0.25, 0.3) is 0 Å². The van der Waals surface area contributed by atoms with Crippen molar-refractivity contribution in [3.05, 3.63) is 18.3 Å². The lowest BCUT2D eigenvalue weighted by atomic mass is 10.1. The van der Waals surface area contributed by atoms with E-state index in [1.54, 1.807) is 19.2 Å². The van der Waals surface area contributed by atoms with Crippen LogP contribution in [-0.4, -0.2) is 29.3 Å². The topological polar surface area (TPSA) is 45.2 Å². The fourth-order valence-corrected chi connectivity index (χ4v) is 2.33. The Bertz CT molecular complexity index is 473. The smallest absolute Gasteiger partial charge is 0.234 e. The van der Waals surface area contributed by atoms with Crippen LogP contribution in [0.3, 0.4) is 0 Å². The highest BCUT2D eigenvalue weighted by Crippen LogP contribution is 2.64. The van der Waals surface area contributed by atoms with Crippen LogP contribution in [-0.2, 0) is 4.79 Å². The molecule has 1 atom stereocenters. The molecule has 0 bridgehead atoms. The van der Waals surface area contributed by atoms with E-state index in [1.165, 1.54) is 0 Å². The normalized spacial score (nSPS) is 24.5. The zero-order valence-corrected chi connectivity index (χ0v) is 12.0. The summed E-state index contributed by atoms with van der Waals surface area (Å²) in [5, 5.41) is 2.73. The first-order chi connectivity index (χ1) is 8.26. The van der Waals surface area contributed by atoms with Gasteiger partial charge in [0.1, 0.15) is 10.2 Å². The lowest BCUT2D eigenvalue weighted by molar-refractivity contribution is -0.120. The molecule has 1 fully saturated rings. The summed E-state index contributed by atoms with van der Waals surface area (Å²) in [6.07, 6.45) is 2.16. The molecular weight excluding hydrogens is 273 g/mol. The predicted molar refractivity (Wildman–Crippen MR) is 74.4 cm³/mol. The van der Waals surface area contributed by atoms with Crippen molar-refractivity contribution in [3.63, 3.8) is 0 Å². The molecule has 2 rings (SSSR count). The largest absolute Gasteiger partial charge is 0.376 e. The maximum absolute atomic E-state index is 12.0. The summed E-state index contributed by atoms with van der Waals surface area (Å²) in [5.41, 5.74) is 0.243. The summed E-state index contributed by atoms with van der Waals surface area (Å²) in [7, 11) is 3.85. The second-order valence-corrected chi connectivity index (χ2v) is 6.45. The number of nitrogens with one attached hydrogen (secondary N) is 1. The highest BCUT2D eigenvalue weighted by molar-refractivity contribution is 6.53. The van der Waals surface area contributed by atoms with Crippen molar-refractivity contribution < 1.29 is 4.79 Å². The molecule has 1 aromatic rings. The lowest BCUT2D eigenvalue weighted by Gasteiger charge is -2.14. The van der Waals surface area contributed by atoms with Crippen LogP contribution in [0.4, 0.5) is 11.5 Å². The summed E-state index contributed by atoms with van der Waals surface area (Å²) in [4.78, 5) is 18.1. The van der Waals surface area contributed by atoms with E-state index >= 15 is 0 Å². The van der Waals surface area contributed by atoms with E-state index in [0.29, 0.717) is 12.2 Å². The van der Waals surface area contributed by atoms with Gasteiger partial charge in [-0.05, 0) is 25.5 Å². The van der Waals surface area contributed by atoms with E-state index in [-0.39, 0.29) is 5.91 Å². The number of aromatic nitrogens is 1. The number of hydrogen-bond acceptors (Lipinski definition) is 3. The standard InChI is InChI=1S/C12H15Cl2N3O/c1-11(7-12(11,13)14)10(18)16-9-5-4-8(6-15-9)17(2)3/h4-6H,7H2,1-3H3,(H,15,16,18)/t11-/m0/s1. The molecule has 98 valence electrons. The highest BCUT2D eigenvalue weighted by atomic mass is 35.5. The van der Waals surface area contributed by atoms with E-state index in [0.717, 1.165) is 5.69 Å². The Morgan fingerprint density at radius 3 is 2.44 bits per heavy atom. The second kappa shape index (κ2) is 4.28.